The minimum atomic E-state index is -1.04. The third kappa shape index (κ3) is 3.32. The molecule has 9 nitrogen and oxygen atoms in total. The standard InChI is InChI=1S/C21H23N5O4/c1-12-19(27)25(2)16-11-22-21(24-18(16)26(12)14-6-4-5-7-14)23-15-9-8-13(20(28)29)10-17(15)30-3/h8-11,14H,1,4-7H2,2-3H3,(H,28,29)(H,22,23,24). The normalized spacial score (nSPS) is 16.6. The molecule has 1 amide bonds. The van der Waals surface area contributed by atoms with E-state index in [0.717, 1.165) is 25.7 Å². The number of anilines is 4. The van der Waals surface area contributed by atoms with E-state index < -0.39 is 5.97 Å². The molecule has 0 unspecified atom stereocenters. The Balaban J connectivity index is 1.72. The Labute approximate surface area is 174 Å². The molecular formula is C21H23N5O4. The predicted octanol–water partition coefficient (Wildman–Crippen LogP) is 3.17. The van der Waals surface area contributed by atoms with Gasteiger partial charge in [-0.25, -0.2) is 9.78 Å². The van der Waals surface area contributed by atoms with Crippen LogP contribution < -0.4 is 19.9 Å². The summed E-state index contributed by atoms with van der Waals surface area (Å²) < 4.78 is 5.31. The number of aromatic carboxylic acids is 1. The molecule has 156 valence electrons. The van der Waals surface area contributed by atoms with E-state index in [2.05, 4.69) is 21.9 Å². The van der Waals surface area contributed by atoms with Gasteiger partial charge in [0.2, 0.25) is 5.95 Å². The van der Waals surface area contributed by atoms with Gasteiger partial charge in [-0.3, -0.25) is 4.79 Å². The highest BCUT2D eigenvalue weighted by atomic mass is 16.5. The average Bonchev–Trinajstić information content (AvgIpc) is 3.26. The number of benzene rings is 1. The molecule has 2 aliphatic rings. The highest BCUT2D eigenvalue weighted by Crippen LogP contribution is 2.40. The number of amides is 1. The zero-order valence-electron chi connectivity index (χ0n) is 16.9. The molecule has 0 radical (unpaired) electrons. The third-order valence-corrected chi connectivity index (χ3v) is 5.57. The number of carboxylic acids is 1. The van der Waals surface area contributed by atoms with Crippen molar-refractivity contribution >= 4 is 35.0 Å². The van der Waals surface area contributed by atoms with Gasteiger partial charge in [0.15, 0.2) is 5.82 Å². The number of nitrogens with one attached hydrogen (secondary N) is 1. The van der Waals surface area contributed by atoms with Gasteiger partial charge >= 0.3 is 5.97 Å². The molecule has 0 bridgehead atoms. The third-order valence-electron chi connectivity index (χ3n) is 5.57. The minimum absolute atomic E-state index is 0.118. The number of carbonyl (C=O) groups is 2. The number of carbonyl (C=O) groups excluding carboxylic acids is 1. The summed E-state index contributed by atoms with van der Waals surface area (Å²) in [6.45, 7) is 4.02. The summed E-state index contributed by atoms with van der Waals surface area (Å²) in [5.41, 5.74) is 1.68. The van der Waals surface area contributed by atoms with Crippen molar-refractivity contribution in [3.8, 4) is 5.75 Å². The van der Waals surface area contributed by atoms with Gasteiger partial charge in [0.05, 0.1) is 24.6 Å². The fraction of sp³-hybridized carbons (Fsp3) is 0.333. The van der Waals surface area contributed by atoms with Crippen LogP contribution in [-0.4, -0.2) is 47.2 Å². The van der Waals surface area contributed by atoms with Crippen LogP contribution in [0.4, 0.5) is 23.1 Å². The molecule has 1 aliphatic heterocycles. The van der Waals surface area contributed by atoms with Crippen molar-refractivity contribution in [2.45, 2.75) is 31.7 Å². The van der Waals surface area contributed by atoms with Crippen LogP contribution in [-0.2, 0) is 4.79 Å². The summed E-state index contributed by atoms with van der Waals surface area (Å²) in [5, 5.41) is 12.3. The lowest BCUT2D eigenvalue weighted by molar-refractivity contribution is -0.115. The Morgan fingerprint density at radius 2 is 2.07 bits per heavy atom. The first-order valence-corrected chi connectivity index (χ1v) is 9.72. The van der Waals surface area contributed by atoms with Crippen molar-refractivity contribution in [2.75, 3.05) is 29.3 Å². The highest BCUT2D eigenvalue weighted by molar-refractivity contribution is 6.12. The number of rotatable bonds is 5. The SMILES string of the molecule is C=C1C(=O)N(C)c2cnc(Nc3ccc(C(=O)O)cc3OC)nc2N1C1CCCC1. The van der Waals surface area contributed by atoms with Crippen molar-refractivity contribution in [3.05, 3.63) is 42.2 Å². The number of carboxylic acid groups (broad SMARTS) is 1. The number of ether oxygens (including phenoxy) is 1. The molecule has 1 saturated carbocycles. The quantitative estimate of drug-likeness (QED) is 0.725. The maximum Gasteiger partial charge on any atom is 0.335 e. The summed E-state index contributed by atoms with van der Waals surface area (Å²) in [6.07, 6.45) is 5.78. The lowest BCUT2D eigenvalue weighted by atomic mass is 10.1. The smallest absolute Gasteiger partial charge is 0.335 e. The second-order valence-corrected chi connectivity index (χ2v) is 7.37. The Kier molecular flexibility index (Phi) is 5.03. The van der Waals surface area contributed by atoms with Gasteiger partial charge in [-0.15, -0.1) is 0 Å². The maximum atomic E-state index is 12.7. The van der Waals surface area contributed by atoms with Gasteiger partial charge in [-0.05, 0) is 31.0 Å². The molecule has 0 atom stereocenters. The van der Waals surface area contributed by atoms with Crippen molar-refractivity contribution in [1.82, 2.24) is 9.97 Å². The van der Waals surface area contributed by atoms with Crippen molar-refractivity contribution in [2.24, 2.45) is 0 Å². The fourth-order valence-corrected chi connectivity index (χ4v) is 3.98. The predicted molar refractivity (Wildman–Crippen MR) is 113 cm³/mol. The highest BCUT2D eigenvalue weighted by Gasteiger charge is 2.37. The van der Waals surface area contributed by atoms with Crippen molar-refractivity contribution in [1.29, 1.82) is 0 Å². The zero-order chi connectivity index (χ0) is 21.4. The maximum absolute atomic E-state index is 12.7. The molecule has 1 aromatic heterocycles. The molecule has 1 aliphatic carbocycles. The first-order chi connectivity index (χ1) is 14.4. The average molecular weight is 409 g/mol. The van der Waals surface area contributed by atoms with E-state index in [1.54, 1.807) is 19.3 Å². The van der Waals surface area contributed by atoms with Crippen LogP contribution in [0.5, 0.6) is 5.75 Å². The lowest BCUT2D eigenvalue weighted by Crippen LogP contribution is -2.46. The zero-order valence-corrected chi connectivity index (χ0v) is 16.9. The number of hydrogen-bond donors (Lipinski definition) is 2. The molecule has 4 rings (SSSR count). The topological polar surface area (TPSA) is 108 Å². The number of fused-ring (bicyclic) bond motifs is 1. The molecule has 2 heterocycles. The Morgan fingerprint density at radius 3 is 2.73 bits per heavy atom. The van der Waals surface area contributed by atoms with E-state index in [0.29, 0.717) is 34.6 Å². The molecule has 1 aromatic carbocycles. The summed E-state index contributed by atoms with van der Waals surface area (Å²) in [6, 6.07) is 4.70. The van der Waals surface area contributed by atoms with Crippen LogP contribution in [0.3, 0.4) is 0 Å². The number of nitrogens with zero attached hydrogens (tertiary/aromatic N) is 4. The molecule has 0 spiro atoms. The summed E-state index contributed by atoms with van der Waals surface area (Å²) in [7, 11) is 3.15. The van der Waals surface area contributed by atoms with Crippen LogP contribution in [0.2, 0.25) is 0 Å². The number of hydrogen-bond acceptors (Lipinski definition) is 7. The summed E-state index contributed by atoms with van der Waals surface area (Å²) >= 11 is 0. The lowest BCUT2D eigenvalue weighted by Gasteiger charge is -2.39. The number of aromatic nitrogens is 2. The molecule has 30 heavy (non-hydrogen) atoms. The van der Waals surface area contributed by atoms with Crippen LogP contribution in [0.25, 0.3) is 0 Å². The fourth-order valence-electron chi connectivity index (χ4n) is 3.98. The van der Waals surface area contributed by atoms with Crippen LogP contribution in [0.1, 0.15) is 36.0 Å². The van der Waals surface area contributed by atoms with Gasteiger partial charge in [0.25, 0.3) is 5.91 Å². The molecule has 1 fully saturated rings. The molecule has 9 heteroatoms. The second-order valence-electron chi connectivity index (χ2n) is 7.37. The number of likely N-dealkylation sites (N-methyl/N-ethyl adjacent to an activating group) is 1. The van der Waals surface area contributed by atoms with Gasteiger partial charge in [0, 0.05) is 13.1 Å². The van der Waals surface area contributed by atoms with E-state index >= 15 is 0 Å². The molecule has 2 aromatic rings. The second kappa shape index (κ2) is 7.66. The van der Waals surface area contributed by atoms with Gasteiger partial charge in [-0.2, -0.15) is 4.98 Å². The Hall–Kier alpha value is -3.62. The van der Waals surface area contributed by atoms with Crippen LogP contribution in [0, 0.1) is 0 Å². The van der Waals surface area contributed by atoms with E-state index in [-0.39, 0.29) is 17.5 Å². The molecular weight excluding hydrogens is 386 g/mol. The molecule has 2 N–H and O–H groups in total. The minimum Gasteiger partial charge on any atom is -0.495 e. The van der Waals surface area contributed by atoms with Crippen LogP contribution in [0.15, 0.2) is 36.7 Å². The van der Waals surface area contributed by atoms with Gasteiger partial charge in [0.1, 0.15) is 17.1 Å². The number of methoxy groups -OCH3 is 1. The summed E-state index contributed by atoms with van der Waals surface area (Å²) in [5.74, 6) is 0.106. The first-order valence-electron chi connectivity index (χ1n) is 9.72. The van der Waals surface area contributed by atoms with Crippen LogP contribution >= 0.6 is 0 Å². The Bertz CT molecular complexity index is 1030. The molecule has 0 saturated heterocycles. The Morgan fingerprint density at radius 1 is 1.33 bits per heavy atom. The van der Waals surface area contributed by atoms with Gasteiger partial charge < -0.3 is 25.0 Å². The van der Waals surface area contributed by atoms with E-state index in [1.165, 1.54) is 24.1 Å². The monoisotopic (exact) mass is 409 g/mol. The summed E-state index contributed by atoms with van der Waals surface area (Å²) in [4.78, 5) is 36.3. The van der Waals surface area contributed by atoms with E-state index in [4.69, 9.17) is 4.74 Å². The van der Waals surface area contributed by atoms with Gasteiger partial charge in [-0.1, -0.05) is 19.4 Å². The largest absolute Gasteiger partial charge is 0.495 e. The van der Waals surface area contributed by atoms with Crippen molar-refractivity contribution in [3.63, 3.8) is 0 Å². The van der Waals surface area contributed by atoms with Crippen molar-refractivity contribution < 1.29 is 19.4 Å². The van der Waals surface area contributed by atoms with E-state index in [9.17, 15) is 14.7 Å². The first kappa shape index (κ1) is 19.7. The van der Waals surface area contributed by atoms with E-state index in [1.807, 2.05) is 4.90 Å².